The van der Waals surface area contributed by atoms with Crippen LogP contribution in [0.25, 0.3) is 11.3 Å². The summed E-state index contributed by atoms with van der Waals surface area (Å²) in [4.78, 5) is 2.18. The van der Waals surface area contributed by atoms with Gasteiger partial charge in [-0.25, -0.2) is 8.42 Å². The first-order valence-corrected chi connectivity index (χ1v) is 12.2. The van der Waals surface area contributed by atoms with Crippen molar-refractivity contribution in [2.24, 2.45) is 0 Å². The number of benzene rings is 2. The second-order valence-electron chi connectivity index (χ2n) is 6.94. The van der Waals surface area contributed by atoms with Crippen molar-refractivity contribution >= 4 is 43.4 Å². The highest BCUT2D eigenvalue weighted by atomic mass is 79.9. The third-order valence-corrected chi connectivity index (χ3v) is 7.85. The van der Waals surface area contributed by atoms with E-state index in [4.69, 9.17) is 16.3 Å². The number of sulfonamides is 1. The molecule has 0 radical (unpaired) electrons. The quantitative estimate of drug-likeness (QED) is 0.502. The molecule has 0 atom stereocenters. The zero-order valence-electron chi connectivity index (χ0n) is 16.7. The normalized spacial score (nSPS) is 15.1. The first-order chi connectivity index (χ1) is 14.9. The molecular formula is C21H20BrClN4O3S. The van der Waals surface area contributed by atoms with Gasteiger partial charge in [-0.05, 0) is 36.4 Å². The molecule has 1 aliphatic rings. The van der Waals surface area contributed by atoms with Crippen LogP contribution in [0, 0.1) is 0 Å². The maximum absolute atomic E-state index is 13.2. The van der Waals surface area contributed by atoms with Gasteiger partial charge in [0.25, 0.3) is 0 Å². The van der Waals surface area contributed by atoms with E-state index in [-0.39, 0.29) is 4.90 Å². The van der Waals surface area contributed by atoms with Gasteiger partial charge in [-0.3, -0.25) is 0 Å². The number of nitrogens with zero attached hydrogens (tertiary/aromatic N) is 4. The zero-order chi connectivity index (χ0) is 22.0. The van der Waals surface area contributed by atoms with Crippen LogP contribution in [0.5, 0.6) is 5.75 Å². The molecule has 1 aliphatic heterocycles. The van der Waals surface area contributed by atoms with Crippen LogP contribution in [0.15, 0.2) is 64.0 Å². The van der Waals surface area contributed by atoms with E-state index in [2.05, 4.69) is 26.1 Å². The van der Waals surface area contributed by atoms with Crippen LogP contribution in [0.4, 0.5) is 5.82 Å². The van der Waals surface area contributed by atoms with E-state index >= 15 is 0 Å². The molecule has 2 aromatic carbocycles. The minimum Gasteiger partial charge on any atom is -0.495 e. The van der Waals surface area contributed by atoms with Crippen LogP contribution in [-0.2, 0) is 10.0 Å². The summed E-state index contributed by atoms with van der Waals surface area (Å²) in [5.74, 6) is 1.03. The SMILES string of the molecule is COc1ccc(Br)cc1S(=O)(=O)N1CCN(c2ccc(-c3ccccc3Cl)nn2)CC1. The van der Waals surface area contributed by atoms with Gasteiger partial charge in [0.15, 0.2) is 5.82 Å². The lowest BCUT2D eigenvalue weighted by Crippen LogP contribution is -2.49. The molecule has 3 aromatic rings. The fourth-order valence-electron chi connectivity index (χ4n) is 3.46. The zero-order valence-corrected chi connectivity index (χ0v) is 19.9. The van der Waals surface area contributed by atoms with Crippen LogP contribution in [0.1, 0.15) is 0 Å². The molecule has 0 unspecified atom stereocenters. The van der Waals surface area contributed by atoms with Crippen LogP contribution in [-0.4, -0.2) is 56.2 Å². The molecule has 0 N–H and O–H groups in total. The molecule has 1 fully saturated rings. The molecule has 4 rings (SSSR count). The van der Waals surface area contributed by atoms with E-state index in [0.717, 1.165) is 5.56 Å². The Bertz CT molecular complexity index is 1180. The highest BCUT2D eigenvalue weighted by molar-refractivity contribution is 9.10. The minimum absolute atomic E-state index is 0.154. The Morgan fingerprint density at radius 3 is 2.39 bits per heavy atom. The summed E-state index contributed by atoms with van der Waals surface area (Å²) in [7, 11) is -2.22. The predicted octanol–water partition coefficient (Wildman–Crippen LogP) is 4.08. The van der Waals surface area contributed by atoms with Crippen molar-refractivity contribution in [3.8, 4) is 17.0 Å². The molecule has 1 saturated heterocycles. The number of anilines is 1. The number of hydrogen-bond donors (Lipinski definition) is 0. The molecule has 2 heterocycles. The van der Waals surface area contributed by atoms with Crippen molar-refractivity contribution in [2.45, 2.75) is 4.90 Å². The van der Waals surface area contributed by atoms with Gasteiger partial charge in [-0.1, -0.05) is 45.7 Å². The van der Waals surface area contributed by atoms with Crippen molar-refractivity contribution < 1.29 is 13.2 Å². The van der Waals surface area contributed by atoms with Crippen LogP contribution >= 0.6 is 27.5 Å². The number of aromatic nitrogens is 2. The van der Waals surface area contributed by atoms with Gasteiger partial charge in [-0.2, -0.15) is 4.31 Å². The van der Waals surface area contributed by atoms with E-state index in [0.29, 0.717) is 52.9 Å². The van der Waals surface area contributed by atoms with Gasteiger partial charge in [0.1, 0.15) is 10.6 Å². The van der Waals surface area contributed by atoms with Gasteiger partial charge in [-0.15, -0.1) is 10.2 Å². The second kappa shape index (κ2) is 9.12. The molecule has 0 aliphatic carbocycles. The van der Waals surface area contributed by atoms with Crippen molar-refractivity contribution in [1.29, 1.82) is 0 Å². The predicted molar refractivity (Wildman–Crippen MR) is 124 cm³/mol. The Morgan fingerprint density at radius 2 is 1.74 bits per heavy atom. The first kappa shape index (κ1) is 22.0. The molecular weight excluding hydrogens is 504 g/mol. The average Bonchev–Trinajstić information content (AvgIpc) is 2.79. The third kappa shape index (κ3) is 4.55. The van der Waals surface area contributed by atoms with E-state index in [9.17, 15) is 8.42 Å². The summed E-state index contributed by atoms with van der Waals surface area (Å²) < 4.78 is 33.7. The first-order valence-electron chi connectivity index (χ1n) is 9.57. The van der Waals surface area contributed by atoms with Crippen molar-refractivity contribution in [2.75, 3.05) is 38.2 Å². The van der Waals surface area contributed by atoms with Crippen LogP contribution in [0.3, 0.4) is 0 Å². The van der Waals surface area contributed by atoms with Gasteiger partial charge in [0.2, 0.25) is 10.0 Å². The average molecular weight is 524 g/mol. The molecule has 31 heavy (non-hydrogen) atoms. The van der Waals surface area contributed by atoms with Gasteiger partial charge in [0.05, 0.1) is 17.8 Å². The van der Waals surface area contributed by atoms with Crippen molar-refractivity contribution in [3.63, 3.8) is 0 Å². The largest absolute Gasteiger partial charge is 0.495 e. The summed E-state index contributed by atoms with van der Waals surface area (Å²) in [6.45, 7) is 1.70. The number of rotatable bonds is 5. The fourth-order valence-corrected chi connectivity index (χ4v) is 5.80. The monoisotopic (exact) mass is 522 g/mol. The van der Waals surface area contributed by atoms with E-state index in [1.54, 1.807) is 18.2 Å². The van der Waals surface area contributed by atoms with E-state index in [1.165, 1.54) is 11.4 Å². The van der Waals surface area contributed by atoms with E-state index in [1.807, 2.05) is 41.3 Å². The highest BCUT2D eigenvalue weighted by Gasteiger charge is 2.31. The molecule has 10 heteroatoms. The number of halogens is 2. The molecule has 0 amide bonds. The lowest BCUT2D eigenvalue weighted by Gasteiger charge is -2.34. The van der Waals surface area contributed by atoms with Gasteiger partial charge in [0, 0.05) is 36.2 Å². The Morgan fingerprint density at radius 1 is 1.00 bits per heavy atom. The maximum Gasteiger partial charge on any atom is 0.246 e. The summed E-state index contributed by atoms with van der Waals surface area (Å²) in [5.41, 5.74) is 1.51. The van der Waals surface area contributed by atoms with Crippen LogP contribution in [0.2, 0.25) is 5.02 Å². The standard InChI is InChI=1S/C21H20BrClN4O3S/c1-30-19-8-6-15(22)14-20(19)31(28,29)27-12-10-26(11-13-27)21-9-7-18(24-25-21)16-4-2-3-5-17(16)23/h2-9,14H,10-13H2,1H3. The number of methoxy groups -OCH3 is 1. The summed E-state index contributed by atoms with van der Waals surface area (Å²) in [6.07, 6.45) is 0. The number of ether oxygens (including phenoxy) is 1. The third-order valence-electron chi connectivity index (χ3n) is 5.11. The topological polar surface area (TPSA) is 75.6 Å². The van der Waals surface area contributed by atoms with Gasteiger partial charge < -0.3 is 9.64 Å². The summed E-state index contributed by atoms with van der Waals surface area (Å²) in [5, 5.41) is 9.25. The maximum atomic E-state index is 13.2. The molecule has 0 saturated carbocycles. The molecule has 0 spiro atoms. The lowest BCUT2D eigenvalue weighted by molar-refractivity contribution is 0.373. The second-order valence-corrected chi connectivity index (χ2v) is 10.2. The molecule has 0 bridgehead atoms. The summed E-state index contributed by atoms with van der Waals surface area (Å²) >= 11 is 9.57. The minimum atomic E-state index is -3.68. The van der Waals surface area contributed by atoms with E-state index < -0.39 is 10.0 Å². The van der Waals surface area contributed by atoms with Crippen molar-refractivity contribution in [1.82, 2.24) is 14.5 Å². The molecule has 162 valence electrons. The van der Waals surface area contributed by atoms with Gasteiger partial charge >= 0.3 is 0 Å². The van der Waals surface area contributed by atoms with Crippen molar-refractivity contribution in [3.05, 3.63) is 64.1 Å². The summed E-state index contributed by atoms with van der Waals surface area (Å²) in [6, 6.07) is 16.2. The Labute approximate surface area is 194 Å². The number of piperazine rings is 1. The Balaban J connectivity index is 1.48. The molecule has 1 aromatic heterocycles. The Hall–Kier alpha value is -2.20. The highest BCUT2D eigenvalue weighted by Crippen LogP contribution is 2.31. The van der Waals surface area contributed by atoms with Crippen LogP contribution < -0.4 is 9.64 Å². The Kier molecular flexibility index (Phi) is 6.47. The smallest absolute Gasteiger partial charge is 0.246 e. The molecule has 7 nitrogen and oxygen atoms in total. The lowest BCUT2D eigenvalue weighted by atomic mass is 10.1. The fraction of sp³-hybridized carbons (Fsp3) is 0.238. The number of hydrogen-bond acceptors (Lipinski definition) is 6.